The number of rotatable bonds is 4. The van der Waals surface area contributed by atoms with Gasteiger partial charge in [0.1, 0.15) is 5.82 Å². The van der Waals surface area contributed by atoms with E-state index in [0.29, 0.717) is 31.2 Å². The van der Waals surface area contributed by atoms with Crippen molar-refractivity contribution in [2.45, 2.75) is 44.4 Å². The normalized spacial score (nSPS) is 19.4. The molecule has 0 spiro atoms. The highest BCUT2D eigenvalue weighted by Crippen LogP contribution is 2.19. The number of nitrogens with zero attached hydrogens (tertiary/aromatic N) is 1. The molecule has 0 aromatic heterocycles. The molecule has 1 amide bonds. The standard InChI is InChI=1S/C21H21ClF3N3O2/c22-17-10-14(23)3-1-13(17)11-26-21(27-15-4-6-16(29)7-5-15)28-20(30)12-2-8-18(24)19(25)9-12/h1-3,8-10,15-16,29H,4-7,11H2,(H2,26,27,28,30)/t15-,16-. The van der Waals surface area contributed by atoms with Crippen LogP contribution in [0.5, 0.6) is 0 Å². The second-order valence-electron chi connectivity index (χ2n) is 7.13. The Morgan fingerprint density at radius 1 is 1.07 bits per heavy atom. The first-order valence-electron chi connectivity index (χ1n) is 9.52. The summed E-state index contributed by atoms with van der Waals surface area (Å²) in [7, 11) is 0. The predicted octanol–water partition coefficient (Wildman–Crippen LogP) is 3.94. The molecule has 0 heterocycles. The van der Waals surface area contributed by atoms with Crippen molar-refractivity contribution in [3.05, 3.63) is 70.0 Å². The maximum Gasteiger partial charge on any atom is 0.280 e. The highest BCUT2D eigenvalue weighted by atomic mass is 35.5. The molecule has 0 saturated heterocycles. The number of amides is 1. The van der Waals surface area contributed by atoms with Gasteiger partial charge in [-0.25, -0.2) is 13.2 Å². The fourth-order valence-corrected chi connectivity index (χ4v) is 3.41. The van der Waals surface area contributed by atoms with E-state index < -0.39 is 23.4 Å². The van der Waals surface area contributed by atoms with Gasteiger partial charge in [-0.1, -0.05) is 17.7 Å². The van der Waals surface area contributed by atoms with Gasteiger partial charge in [-0.05, 0) is 61.6 Å². The van der Waals surface area contributed by atoms with Gasteiger partial charge in [0.05, 0.1) is 6.10 Å². The predicted molar refractivity (Wildman–Crippen MR) is 108 cm³/mol. The highest BCUT2D eigenvalue weighted by molar-refractivity contribution is 6.31. The maximum absolute atomic E-state index is 13.5. The van der Waals surface area contributed by atoms with Gasteiger partial charge in [0.25, 0.3) is 5.91 Å². The summed E-state index contributed by atoms with van der Waals surface area (Å²) >= 11 is 6.04. The summed E-state index contributed by atoms with van der Waals surface area (Å²) in [6.07, 6.45) is 2.24. The maximum atomic E-state index is 13.5. The van der Waals surface area contributed by atoms with Gasteiger partial charge in [-0.15, -0.1) is 0 Å². The summed E-state index contributed by atoms with van der Waals surface area (Å²) in [6.45, 7) is 0.158. The van der Waals surface area contributed by atoms with E-state index in [9.17, 15) is 23.1 Å². The van der Waals surface area contributed by atoms with Crippen LogP contribution in [0.15, 0.2) is 41.4 Å². The van der Waals surface area contributed by atoms with E-state index in [1.165, 1.54) is 18.2 Å². The Kier molecular flexibility index (Phi) is 7.33. The molecule has 160 valence electrons. The van der Waals surface area contributed by atoms with E-state index in [4.69, 9.17) is 11.6 Å². The molecule has 1 aliphatic rings. The molecule has 0 unspecified atom stereocenters. The van der Waals surface area contributed by atoms with Gasteiger partial charge in [-0.2, -0.15) is 4.99 Å². The molecule has 2 aromatic carbocycles. The number of hydrogen-bond acceptors (Lipinski definition) is 2. The van der Waals surface area contributed by atoms with Crippen LogP contribution in [0.4, 0.5) is 13.2 Å². The SMILES string of the molecule is O=C(/N=C(/NCc1ccc(F)cc1Cl)N[C@H]1CC[C@H](O)CC1)c1ccc(F)c(F)c1. The summed E-state index contributed by atoms with van der Waals surface area (Å²) < 4.78 is 39.8. The Bertz CT molecular complexity index is 947. The van der Waals surface area contributed by atoms with Crippen molar-refractivity contribution in [2.24, 2.45) is 4.99 Å². The lowest BCUT2D eigenvalue weighted by molar-refractivity contribution is 0.1000. The summed E-state index contributed by atoms with van der Waals surface area (Å²) in [4.78, 5) is 16.4. The van der Waals surface area contributed by atoms with Crippen molar-refractivity contribution in [2.75, 3.05) is 0 Å². The molecule has 1 aliphatic carbocycles. The van der Waals surface area contributed by atoms with E-state index in [-0.39, 0.29) is 35.2 Å². The smallest absolute Gasteiger partial charge is 0.280 e. The largest absolute Gasteiger partial charge is 0.393 e. The number of aliphatic hydroxyl groups is 1. The van der Waals surface area contributed by atoms with Crippen LogP contribution < -0.4 is 10.6 Å². The van der Waals surface area contributed by atoms with Gasteiger partial charge >= 0.3 is 0 Å². The number of aliphatic imine (C=N–C) groups is 1. The third kappa shape index (κ3) is 5.96. The van der Waals surface area contributed by atoms with Crippen molar-refractivity contribution in [1.29, 1.82) is 0 Å². The zero-order chi connectivity index (χ0) is 21.7. The van der Waals surface area contributed by atoms with E-state index in [2.05, 4.69) is 15.6 Å². The Balaban J connectivity index is 1.77. The van der Waals surface area contributed by atoms with Gasteiger partial charge in [0.15, 0.2) is 17.6 Å². The van der Waals surface area contributed by atoms with Crippen molar-refractivity contribution in [3.63, 3.8) is 0 Å². The van der Waals surface area contributed by atoms with Crippen molar-refractivity contribution < 1.29 is 23.1 Å². The van der Waals surface area contributed by atoms with Crippen LogP contribution in [0.25, 0.3) is 0 Å². The third-order valence-electron chi connectivity index (χ3n) is 4.88. The van der Waals surface area contributed by atoms with E-state index in [1.807, 2.05) is 0 Å². The number of carbonyl (C=O) groups excluding carboxylic acids is 1. The fourth-order valence-electron chi connectivity index (χ4n) is 3.18. The average molecular weight is 440 g/mol. The van der Waals surface area contributed by atoms with Crippen LogP contribution in [0.2, 0.25) is 5.02 Å². The molecule has 0 atom stereocenters. The molecule has 3 rings (SSSR count). The highest BCUT2D eigenvalue weighted by Gasteiger charge is 2.21. The molecule has 2 aromatic rings. The van der Waals surface area contributed by atoms with Crippen molar-refractivity contribution in [1.82, 2.24) is 10.6 Å². The molecule has 9 heteroatoms. The van der Waals surface area contributed by atoms with Crippen LogP contribution in [0, 0.1) is 17.5 Å². The van der Waals surface area contributed by atoms with Crippen LogP contribution in [-0.2, 0) is 6.54 Å². The first kappa shape index (κ1) is 22.1. The molecule has 1 saturated carbocycles. The summed E-state index contributed by atoms with van der Waals surface area (Å²) in [5.41, 5.74) is 0.487. The zero-order valence-electron chi connectivity index (χ0n) is 16.0. The Morgan fingerprint density at radius 2 is 1.80 bits per heavy atom. The molecule has 3 N–H and O–H groups in total. The van der Waals surface area contributed by atoms with Crippen LogP contribution in [0.1, 0.15) is 41.6 Å². The Hall–Kier alpha value is -2.58. The van der Waals surface area contributed by atoms with Gasteiger partial charge in [0.2, 0.25) is 0 Å². The summed E-state index contributed by atoms with van der Waals surface area (Å²) in [6, 6.07) is 6.72. The number of hydrogen-bond donors (Lipinski definition) is 3. The van der Waals surface area contributed by atoms with Gasteiger partial charge < -0.3 is 15.7 Å². The van der Waals surface area contributed by atoms with E-state index >= 15 is 0 Å². The molecule has 1 fully saturated rings. The number of aliphatic hydroxyl groups excluding tert-OH is 1. The number of nitrogens with one attached hydrogen (secondary N) is 2. The van der Waals surface area contributed by atoms with Crippen LogP contribution >= 0.6 is 11.6 Å². The lowest BCUT2D eigenvalue weighted by Crippen LogP contribution is -2.45. The van der Waals surface area contributed by atoms with Crippen molar-refractivity contribution in [3.8, 4) is 0 Å². The quantitative estimate of drug-likeness (QED) is 0.498. The summed E-state index contributed by atoms with van der Waals surface area (Å²) in [5.74, 6) is -3.29. The summed E-state index contributed by atoms with van der Waals surface area (Å²) in [5, 5.41) is 16.0. The first-order chi connectivity index (χ1) is 14.3. The monoisotopic (exact) mass is 439 g/mol. The second-order valence-corrected chi connectivity index (χ2v) is 7.54. The van der Waals surface area contributed by atoms with E-state index in [0.717, 1.165) is 18.2 Å². The van der Waals surface area contributed by atoms with Crippen molar-refractivity contribution >= 4 is 23.5 Å². The number of halogens is 4. The Morgan fingerprint density at radius 3 is 2.47 bits per heavy atom. The van der Waals surface area contributed by atoms with Crippen LogP contribution in [0.3, 0.4) is 0 Å². The second kappa shape index (κ2) is 9.95. The Labute approximate surface area is 177 Å². The molecule has 5 nitrogen and oxygen atoms in total. The number of benzene rings is 2. The molecular weight excluding hydrogens is 419 g/mol. The molecular formula is C21H21ClF3N3O2. The minimum absolute atomic E-state index is 0.0268. The average Bonchev–Trinajstić information content (AvgIpc) is 2.70. The lowest BCUT2D eigenvalue weighted by Gasteiger charge is -2.27. The van der Waals surface area contributed by atoms with Gasteiger partial charge in [-0.3, -0.25) is 4.79 Å². The topological polar surface area (TPSA) is 73.7 Å². The lowest BCUT2D eigenvalue weighted by atomic mass is 9.93. The third-order valence-corrected chi connectivity index (χ3v) is 5.23. The van der Waals surface area contributed by atoms with Gasteiger partial charge in [0, 0.05) is 23.2 Å². The van der Waals surface area contributed by atoms with E-state index in [1.54, 1.807) is 0 Å². The molecule has 30 heavy (non-hydrogen) atoms. The minimum atomic E-state index is -1.14. The number of carbonyl (C=O) groups is 1. The minimum Gasteiger partial charge on any atom is -0.393 e. The fraction of sp³-hybridized carbons (Fsp3) is 0.333. The molecule has 0 bridgehead atoms. The number of guanidine groups is 1. The zero-order valence-corrected chi connectivity index (χ0v) is 16.7. The first-order valence-corrected chi connectivity index (χ1v) is 9.90. The van der Waals surface area contributed by atoms with Crippen LogP contribution in [-0.4, -0.2) is 29.1 Å². The molecule has 0 aliphatic heterocycles. The molecule has 0 radical (unpaired) electrons.